The summed E-state index contributed by atoms with van der Waals surface area (Å²) in [6.07, 6.45) is 0. The highest BCUT2D eigenvalue weighted by Gasteiger charge is 2.07. The molecule has 2 aromatic heterocycles. The van der Waals surface area contributed by atoms with Gasteiger partial charge in [-0.05, 0) is 26.0 Å². The number of aliphatic carboxylic acids is 1. The molecule has 0 unspecified atom stereocenters. The largest absolute Gasteiger partial charge is 0.480 e. The van der Waals surface area contributed by atoms with Crippen LogP contribution in [0, 0.1) is 13.8 Å². The van der Waals surface area contributed by atoms with Gasteiger partial charge in [-0.2, -0.15) is 4.52 Å². The second kappa shape index (κ2) is 4.44. The van der Waals surface area contributed by atoms with Crippen molar-refractivity contribution in [3.05, 3.63) is 33.7 Å². The van der Waals surface area contributed by atoms with Crippen LogP contribution in [0.5, 0.6) is 0 Å². The van der Waals surface area contributed by atoms with Crippen LogP contribution in [0.1, 0.15) is 11.3 Å². The van der Waals surface area contributed by atoms with E-state index < -0.39 is 5.97 Å². The standard InChI is InChI=1S/C11H12N4O3/c1-6-7(2)13-9-4-3-8(12-5-10(16)17)14-15(9)11(6)18/h3-4H,5H2,1-2H3,(H,12,14)(H,16,17). The lowest BCUT2D eigenvalue weighted by molar-refractivity contribution is -0.134. The number of nitrogens with zero attached hydrogens (tertiary/aromatic N) is 3. The summed E-state index contributed by atoms with van der Waals surface area (Å²) in [6.45, 7) is 3.18. The van der Waals surface area contributed by atoms with Crippen molar-refractivity contribution in [2.24, 2.45) is 0 Å². The first kappa shape index (κ1) is 12.0. The summed E-state index contributed by atoms with van der Waals surface area (Å²) in [7, 11) is 0. The molecule has 0 bridgehead atoms. The summed E-state index contributed by atoms with van der Waals surface area (Å²) in [5.41, 5.74) is 1.36. The molecule has 2 rings (SSSR count). The highest BCUT2D eigenvalue weighted by atomic mass is 16.4. The molecule has 0 aromatic carbocycles. The fourth-order valence-corrected chi connectivity index (χ4v) is 1.48. The lowest BCUT2D eigenvalue weighted by Crippen LogP contribution is -2.23. The molecule has 0 amide bonds. The van der Waals surface area contributed by atoms with Crippen LogP contribution in [-0.2, 0) is 4.79 Å². The molecule has 7 nitrogen and oxygen atoms in total. The van der Waals surface area contributed by atoms with E-state index in [-0.39, 0.29) is 12.1 Å². The van der Waals surface area contributed by atoms with E-state index >= 15 is 0 Å². The van der Waals surface area contributed by atoms with E-state index in [2.05, 4.69) is 15.4 Å². The van der Waals surface area contributed by atoms with Crippen molar-refractivity contribution < 1.29 is 9.90 Å². The first-order valence-corrected chi connectivity index (χ1v) is 5.32. The molecule has 0 aliphatic heterocycles. The van der Waals surface area contributed by atoms with Gasteiger partial charge in [-0.15, -0.1) is 5.10 Å². The summed E-state index contributed by atoms with van der Waals surface area (Å²) in [5.74, 6) is -0.681. The molecular weight excluding hydrogens is 236 g/mol. The van der Waals surface area contributed by atoms with Crippen molar-refractivity contribution in [3.8, 4) is 0 Å². The molecule has 2 aromatic rings. The third-order valence-electron chi connectivity index (χ3n) is 2.57. The average molecular weight is 248 g/mol. The number of carbonyl (C=O) groups is 1. The van der Waals surface area contributed by atoms with Crippen molar-refractivity contribution in [1.29, 1.82) is 0 Å². The molecule has 94 valence electrons. The van der Waals surface area contributed by atoms with E-state index in [4.69, 9.17) is 5.11 Å². The maximum absolute atomic E-state index is 12.0. The topological polar surface area (TPSA) is 96.6 Å². The van der Waals surface area contributed by atoms with Gasteiger partial charge >= 0.3 is 5.97 Å². The number of fused-ring (bicyclic) bond motifs is 1. The molecule has 0 aliphatic rings. The van der Waals surface area contributed by atoms with Crippen LogP contribution in [0.25, 0.3) is 5.65 Å². The quantitative estimate of drug-likeness (QED) is 0.805. The van der Waals surface area contributed by atoms with Crippen LogP contribution in [0.4, 0.5) is 5.82 Å². The van der Waals surface area contributed by atoms with Crippen LogP contribution in [0.15, 0.2) is 16.9 Å². The van der Waals surface area contributed by atoms with E-state index in [1.54, 1.807) is 26.0 Å². The van der Waals surface area contributed by atoms with Crippen molar-refractivity contribution in [2.75, 3.05) is 11.9 Å². The monoisotopic (exact) mass is 248 g/mol. The van der Waals surface area contributed by atoms with Gasteiger partial charge in [-0.3, -0.25) is 9.59 Å². The molecule has 0 radical (unpaired) electrons. The zero-order chi connectivity index (χ0) is 13.3. The minimum Gasteiger partial charge on any atom is -0.480 e. The molecule has 0 saturated carbocycles. The Balaban J connectivity index is 2.51. The van der Waals surface area contributed by atoms with Crippen LogP contribution in [-0.4, -0.2) is 32.2 Å². The molecule has 2 heterocycles. The Morgan fingerprint density at radius 2 is 2.17 bits per heavy atom. The number of rotatable bonds is 3. The summed E-state index contributed by atoms with van der Waals surface area (Å²) in [6, 6.07) is 3.20. The zero-order valence-corrected chi connectivity index (χ0v) is 9.97. The molecular formula is C11H12N4O3. The summed E-state index contributed by atoms with van der Waals surface area (Å²) in [4.78, 5) is 26.6. The normalized spacial score (nSPS) is 10.6. The average Bonchev–Trinajstić information content (AvgIpc) is 2.34. The fourth-order valence-electron chi connectivity index (χ4n) is 1.48. The number of aryl methyl sites for hydroxylation is 1. The second-order valence-corrected chi connectivity index (χ2v) is 3.86. The Morgan fingerprint density at radius 3 is 2.83 bits per heavy atom. The predicted octanol–water partition coefficient (Wildman–Crippen LogP) is 0.203. The van der Waals surface area contributed by atoms with Crippen LogP contribution in [0.3, 0.4) is 0 Å². The third-order valence-corrected chi connectivity index (χ3v) is 2.57. The molecule has 0 atom stereocenters. The Bertz CT molecular complexity index is 678. The number of anilines is 1. The van der Waals surface area contributed by atoms with Gasteiger partial charge in [0, 0.05) is 11.3 Å². The Hall–Kier alpha value is -2.44. The maximum Gasteiger partial charge on any atom is 0.322 e. The Morgan fingerprint density at radius 1 is 1.44 bits per heavy atom. The molecule has 7 heteroatoms. The van der Waals surface area contributed by atoms with Gasteiger partial charge in [0.2, 0.25) is 0 Å². The summed E-state index contributed by atoms with van der Waals surface area (Å²) < 4.78 is 1.16. The Labute approximate surface area is 102 Å². The number of carboxylic acids is 1. The third kappa shape index (κ3) is 2.15. The summed E-state index contributed by atoms with van der Waals surface area (Å²) in [5, 5.41) is 15.2. The first-order chi connectivity index (χ1) is 8.49. The van der Waals surface area contributed by atoms with Gasteiger partial charge in [0.1, 0.15) is 12.4 Å². The van der Waals surface area contributed by atoms with E-state index in [0.29, 0.717) is 22.7 Å². The van der Waals surface area contributed by atoms with Gasteiger partial charge in [-0.1, -0.05) is 0 Å². The molecule has 0 saturated heterocycles. The number of hydrogen-bond donors (Lipinski definition) is 2. The van der Waals surface area contributed by atoms with Gasteiger partial charge in [0.15, 0.2) is 5.65 Å². The lowest BCUT2D eigenvalue weighted by Gasteiger charge is -2.06. The van der Waals surface area contributed by atoms with E-state index in [9.17, 15) is 9.59 Å². The van der Waals surface area contributed by atoms with E-state index in [0.717, 1.165) is 4.52 Å². The highest BCUT2D eigenvalue weighted by molar-refractivity contribution is 5.72. The van der Waals surface area contributed by atoms with Crippen molar-refractivity contribution in [3.63, 3.8) is 0 Å². The van der Waals surface area contributed by atoms with Gasteiger partial charge in [0.05, 0.1) is 0 Å². The Kier molecular flexibility index (Phi) is 2.97. The SMILES string of the molecule is Cc1nc2ccc(NCC(=O)O)nn2c(=O)c1C. The minimum absolute atomic E-state index is 0.253. The van der Waals surface area contributed by atoms with E-state index in [1.165, 1.54) is 0 Å². The molecule has 0 fully saturated rings. The number of hydrogen-bond acceptors (Lipinski definition) is 5. The van der Waals surface area contributed by atoms with E-state index in [1.807, 2.05) is 0 Å². The van der Waals surface area contributed by atoms with Crippen LogP contribution < -0.4 is 10.9 Å². The van der Waals surface area contributed by atoms with Gasteiger partial charge in [0.25, 0.3) is 5.56 Å². The maximum atomic E-state index is 12.0. The molecule has 0 spiro atoms. The fraction of sp³-hybridized carbons (Fsp3) is 0.273. The summed E-state index contributed by atoms with van der Waals surface area (Å²) >= 11 is 0. The highest BCUT2D eigenvalue weighted by Crippen LogP contribution is 2.05. The van der Waals surface area contributed by atoms with Gasteiger partial charge < -0.3 is 10.4 Å². The van der Waals surface area contributed by atoms with Crippen LogP contribution in [0.2, 0.25) is 0 Å². The minimum atomic E-state index is -0.998. The number of carboxylic acid groups (broad SMARTS) is 1. The molecule has 2 N–H and O–H groups in total. The number of aromatic nitrogens is 3. The van der Waals surface area contributed by atoms with Crippen molar-refractivity contribution >= 4 is 17.4 Å². The second-order valence-electron chi connectivity index (χ2n) is 3.86. The zero-order valence-electron chi connectivity index (χ0n) is 9.97. The predicted molar refractivity (Wildman–Crippen MR) is 64.9 cm³/mol. The molecule has 18 heavy (non-hydrogen) atoms. The first-order valence-electron chi connectivity index (χ1n) is 5.32. The number of nitrogens with one attached hydrogen (secondary N) is 1. The van der Waals surface area contributed by atoms with Crippen molar-refractivity contribution in [2.45, 2.75) is 13.8 Å². The lowest BCUT2D eigenvalue weighted by atomic mass is 10.3. The van der Waals surface area contributed by atoms with Crippen LogP contribution >= 0.6 is 0 Å². The van der Waals surface area contributed by atoms with Crippen molar-refractivity contribution in [1.82, 2.24) is 14.6 Å². The molecule has 0 aliphatic carbocycles. The smallest absolute Gasteiger partial charge is 0.322 e. The van der Waals surface area contributed by atoms with Gasteiger partial charge in [-0.25, -0.2) is 4.98 Å².